The van der Waals surface area contributed by atoms with Crippen molar-refractivity contribution in [2.24, 2.45) is 0 Å². The van der Waals surface area contributed by atoms with Crippen molar-refractivity contribution in [3.05, 3.63) is 76.1 Å². The molecule has 1 amide bonds. The first kappa shape index (κ1) is 22.6. The van der Waals surface area contributed by atoms with E-state index in [9.17, 15) is 13.2 Å². The molecule has 4 rings (SSSR count). The summed E-state index contributed by atoms with van der Waals surface area (Å²) in [5.41, 5.74) is 4.10. The minimum Gasteiger partial charge on any atom is -0.354 e. The normalized spacial score (nSPS) is 17.0. The van der Waals surface area contributed by atoms with Gasteiger partial charge in [0.15, 0.2) is 9.84 Å². The molecule has 1 saturated heterocycles. The summed E-state index contributed by atoms with van der Waals surface area (Å²) in [7, 11) is -3.01. The van der Waals surface area contributed by atoms with E-state index in [0.29, 0.717) is 19.6 Å². The average Bonchev–Trinajstić information content (AvgIpc) is 3.23. The van der Waals surface area contributed by atoms with Gasteiger partial charge in [-0.1, -0.05) is 54.6 Å². The lowest BCUT2D eigenvalue weighted by Crippen LogP contribution is -2.47. The van der Waals surface area contributed by atoms with Gasteiger partial charge in [0, 0.05) is 30.6 Å². The number of rotatable bonds is 7. The molecule has 0 saturated carbocycles. The summed E-state index contributed by atoms with van der Waals surface area (Å²) in [6.07, 6.45) is 0.720. The molecule has 1 aliphatic rings. The SMILES string of the molecule is Cc1nc(-c2ccc(CCNC(=O)C(c3ccccc3)N3CCS(=O)(=O)CC3)cc2)cs1. The lowest BCUT2D eigenvalue weighted by molar-refractivity contribution is -0.126. The van der Waals surface area contributed by atoms with Gasteiger partial charge in [0.25, 0.3) is 0 Å². The van der Waals surface area contributed by atoms with Gasteiger partial charge in [-0.2, -0.15) is 0 Å². The Bertz CT molecular complexity index is 1140. The predicted molar refractivity (Wildman–Crippen MR) is 128 cm³/mol. The Balaban J connectivity index is 1.38. The summed E-state index contributed by atoms with van der Waals surface area (Å²) in [5, 5.41) is 6.16. The highest BCUT2D eigenvalue weighted by atomic mass is 32.2. The second-order valence-corrected chi connectivity index (χ2v) is 11.4. The van der Waals surface area contributed by atoms with E-state index >= 15 is 0 Å². The van der Waals surface area contributed by atoms with E-state index in [-0.39, 0.29) is 17.4 Å². The van der Waals surface area contributed by atoms with Gasteiger partial charge < -0.3 is 5.32 Å². The van der Waals surface area contributed by atoms with Gasteiger partial charge in [0.05, 0.1) is 22.2 Å². The van der Waals surface area contributed by atoms with Crippen LogP contribution in [-0.4, -0.2) is 55.3 Å². The Labute approximate surface area is 193 Å². The highest BCUT2D eigenvalue weighted by Crippen LogP contribution is 2.24. The summed E-state index contributed by atoms with van der Waals surface area (Å²) in [6, 6.07) is 17.3. The van der Waals surface area contributed by atoms with Crippen LogP contribution in [0.4, 0.5) is 0 Å². The van der Waals surface area contributed by atoms with E-state index in [4.69, 9.17) is 0 Å². The number of carbonyl (C=O) groups is 1. The lowest BCUT2D eigenvalue weighted by Gasteiger charge is -2.33. The molecular weight excluding hydrogens is 442 g/mol. The second kappa shape index (κ2) is 9.94. The standard InChI is InChI=1S/C24H27N3O3S2/c1-18-26-22(17-31-18)20-9-7-19(8-10-20)11-12-25-24(28)23(21-5-3-2-4-6-21)27-13-15-32(29,30)16-14-27/h2-10,17,23H,11-16H2,1H3,(H,25,28). The first-order valence-electron chi connectivity index (χ1n) is 10.7. The van der Waals surface area contributed by atoms with Crippen LogP contribution in [0.2, 0.25) is 0 Å². The quantitative estimate of drug-likeness (QED) is 0.575. The monoisotopic (exact) mass is 469 g/mol. The summed E-state index contributed by atoms with van der Waals surface area (Å²) < 4.78 is 23.7. The molecule has 1 fully saturated rings. The number of sulfone groups is 1. The largest absolute Gasteiger partial charge is 0.354 e. The first-order valence-corrected chi connectivity index (χ1v) is 13.4. The Hall–Kier alpha value is -2.55. The van der Waals surface area contributed by atoms with Gasteiger partial charge in [-0.15, -0.1) is 11.3 Å². The Morgan fingerprint density at radius 3 is 2.41 bits per heavy atom. The molecule has 32 heavy (non-hydrogen) atoms. The highest BCUT2D eigenvalue weighted by Gasteiger charge is 2.32. The molecular formula is C24H27N3O3S2. The summed E-state index contributed by atoms with van der Waals surface area (Å²) >= 11 is 1.64. The van der Waals surface area contributed by atoms with Gasteiger partial charge in [0.1, 0.15) is 6.04 Å². The van der Waals surface area contributed by atoms with Crippen molar-refractivity contribution in [3.63, 3.8) is 0 Å². The molecule has 1 N–H and O–H groups in total. The van der Waals surface area contributed by atoms with E-state index < -0.39 is 15.9 Å². The van der Waals surface area contributed by atoms with Gasteiger partial charge >= 0.3 is 0 Å². The fourth-order valence-corrected chi connectivity index (χ4v) is 5.76. The number of aryl methyl sites for hydroxylation is 1. The summed E-state index contributed by atoms with van der Waals surface area (Å²) in [4.78, 5) is 19.6. The number of hydrogen-bond acceptors (Lipinski definition) is 6. The van der Waals surface area contributed by atoms with Crippen molar-refractivity contribution >= 4 is 27.1 Å². The van der Waals surface area contributed by atoms with E-state index in [1.165, 1.54) is 0 Å². The van der Waals surface area contributed by atoms with Gasteiger partial charge in [-0.25, -0.2) is 13.4 Å². The van der Waals surface area contributed by atoms with Crippen LogP contribution in [0, 0.1) is 6.92 Å². The molecule has 2 aromatic carbocycles. The van der Waals surface area contributed by atoms with Gasteiger partial charge in [0.2, 0.25) is 5.91 Å². The van der Waals surface area contributed by atoms with Crippen molar-refractivity contribution in [1.29, 1.82) is 0 Å². The molecule has 3 aromatic rings. The van der Waals surface area contributed by atoms with Crippen molar-refractivity contribution in [3.8, 4) is 11.3 Å². The van der Waals surface area contributed by atoms with Crippen molar-refractivity contribution in [2.45, 2.75) is 19.4 Å². The third-order valence-corrected chi connectivity index (χ3v) is 8.07. The van der Waals surface area contributed by atoms with Crippen LogP contribution in [-0.2, 0) is 21.1 Å². The number of thiazole rings is 1. The molecule has 168 valence electrons. The van der Waals surface area contributed by atoms with E-state index in [0.717, 1.165) is 33.8 Å². The lowest BCUT2D eigenvalue weighted by atomic mass is 10.0. The molecule has 8 heteroatoms. The van der Waals surface area contributed by atoms with Crippen molar-refractivity contribution in [1.82, 2.24) is 15.2 Å². The molecule has 2 heterocycles. The smallest absolute Gasteiger partial charge is 0.241 e. The zero-order valence-corrected chi connectivity index (χ0v) is 19.7. The molecule has 0 aliphatic carbocycles. The number of hydrogen-bond donors (Lipinski definition) is 1. The van der Waals surface area contributed by atoms with Crippen LogP contribution in [0.1, 0.15) is 22.2 Å². The minimum absolute atomic E-state index is 0.0917. The third-order valence-electron chi connectivity index (χ3n) is 5.69. The zero-order chi connectivity index (χ0) is 22.6. The number of amides is 1. The van der Waals surface area contributed by atoms with Crippen LogP contribution >= 0.6 is 11.3 Å². The maximum absolute atomic E-state index is 13.1. The number of nitrogens with one attached hydrogen (secondary N) is 1. The number of aromatic nitrogens is 1. The van der Waals surface area contributed by atoms with Gasteiger partial charge in [-0.05, 0) is 24.5 Å². The molecule has 1 aliphatic heterocycles. The Kier molecular flexibility index (Phi) is 7.03. The van der Waals surface area contributed by atoms with Crippen LogP contribution in [0.15, 0.2) is 60.0 Å². The maximum Gasteiger partial charge on any atom is 0.241 e. The molecule has 0 radical (unpaired) electrons. The fraction of sp³-hybridized carbons (Fsp3) is 0.333. The topological polar surface area (TPSA) is 79.4 Å². The molecule has 0 spiro atoms. The van der Waals surface area contributed by atoms with Crippen LogP contribution in [0.3, 0.4) is 0 Å². The van der Waals surface area contributed by atoms with E-state index in [2.05, 4.69) is 39.9 Å². The van der Waals surface area contributed by atoms with Gasteiger partial charge in [-0.3, -0.25) is 9.69 Å². The average molecular weight is 470 g/mol. The summed E-state index contributed by atoms with van der Waals surface area (Å²) in [5.74, 6) is 0.0909. The maximum atomic E-state index is 13.1. The number of nitrogens with zero attached hydrogens (tertiary/aromatic N) is 2. The molecule has 1 atom stereocenters. The fourth-order valence-electron chi connectivity index (χ4n) is 3.91. The Morgan fingerprint density at radius 1 is 1.09 bits per heavy atom. The van der Waals surface area contributed by atoms with Crippen LogP contribution < -0.4 is 5.32 Å². The molecule has 0 bridgehead atoms. The first-order chi connectivity index (χ1) is 15.4. The third kappa shape index (κ3) is 5.62. The minimum atomic E-state index is -3.01. The number of carbonyl (C=O) groups excluding carboxylic acids is 1. The van der Waals surface area contributed by atoms with Crippen molar-refractivity contribution < 1.29 is 13.2 Å². The second-order valence-electron chi connectivity index (χ2n) is 7.99. The predicted octanol–water partition coefficient (Wildman–Crippen LogP) is 3.25. The van der Waals surface area contributed by atoms with Crippen LogP contribution in [0.25, 0.3) is 11.3 Å². The zero-order valence-electron chi connectivity index (χ0n) is 18.0. The number of benzene rings is 2. The summed E-state index contributed by atoms with van der Waals surface area (Å²) in [6.45, 7) is 3.25. The Morgan fingerprint density at radius 2 is 1.78 bits per heavy atom. The van der Waals surface area contributed by atoms with Crippen molar-refractivity contribution in [2.75, 3.05) is 31.1 Å². The molecule has 1 aromatic heterocycles. The highest BCUT2D eigenvalue weighted by molar-refractivity contribution is 7.91. The van der Waals surface area contributed by atoms with E-state index in [1.54, 1.807) is 11.3 Å². The van der Waals surface area contributed by atoms with Crippen LogP contribution in [0.5, 0.6) is 0 Å². The molecule has 6 nitrogen and oxygen atoms in total. The van der Waals surface area contributed by atoms with E-state index in [1.807, 2.05) is 42.2 Å². The molecule has 1 unspecified atom stereocenters.